The number of rotatable bonds is 59. The molecule has 0 aromatic carbocycles. The summed E-state index contributed by atoms with van der Waals surface area (Å²) < 4.78 is 10.7. The van der Waals surface area contributed by atoms with Gasteiger partial charge in [0.2, 0.25) is 0 Å². The van der Waals surface area contributed by atoms with Crippen molar-refractivity contribution in [3.63, 3.8) is 0 Å². The van der Waals surface area contributed by atoms with Crippen LogP contribution in [0.3, 0.4) is 0 Å². The normalized spacial score (nSPS) is 12.9. The summed E-state index contributed by atoms with van der Waals surface area (Å²) >= 11 is 0. The Kier molecular flexibility index (Phi) is 62.9. The zero-order valence-electron chi connectivity index (χ0n) is 50.0. The first-order chi connectivity index (χ1) is 37.6. The van der Waals surface area contributed by atoms with Crippen molar-refractivity contribution in [2.75, 3.05) is 13.2 Å². The SMILES string of the molecule is CC/C=C\C/C=C\C/C=C\C/C=C\C/C=C\C/C=C\C/C=C\C/C=C\CCCCCCCCCCCCCCC(=O)OC(CO)COC(=O)CCCCCCCCCCCCCCC/C=C\CCCCCCCCCC. The van der Waals surface area contributed by atoms with Gasteiger partial charge in [-0.05, 0) is 103 Å². The minimum atomic E-state index is -0.779. The molecular formula is C71H122O5. The van der Waals surface area contributed by atoms with Crippen molar-refractivity contribution in [2.24, 2.45) is 0 Å². The molecule has 0 saturated heterocycles. The lowest BCUT2D eigenvalue weighted by atomic mass is 10.0. The zero-order chi connectivity index (χ0) is 54.8. The van der Waals surface area contributed by atoms with Gasteiger partial charge in [-0.25, -0.2) is 0 Å². The fraction of sp³-hybridized carbons (Fsp3) is 0.718. The predicted octanol–water partition coefficient (Wildman–Crippen LogP) is 22.4. The number of hydrogen-bond acceptors (Lipinski definition) is 5. The topological polar surface area (TPSA) is 72.8 Å². The summed E-state index contributed by atoms with van der Waals surface area (Å²) in [5.74, 6) is -0.586. The molecule has 5 heteroatoms. The molecule has 436 valence electrons. The van der Waals surface area contributed by atoms with E-state index in [1.54, 1.807) is 0 Å². The fourth-order valence-electron chi connectivity index (χ4n) is 9.22. The second-order valence-corrected chi connectivity index (χ2v) is 21.5. The van der Waals surface area contributed by atoms with Crippen LogP contribution in [-0.4, -0.2) is 36.4 Å². The van der Waals surface area contributed by atoms with Gasteiger partial charge in [0.05, 0.1) is 6.61 Å². The molecular weight excluding hydrogens is 933 g/mol. The first-order valence-electron chi connectivity index (χ1n) is 32.4. The van der Waals surface area contributed by atoms with Crippen LogP contribution in [0, 0.1) is 0 Å². The quantitative estimate of drug-likeness (QED) is 0.0373. The minimum absolute atomic E-state index is 0.0685. The Bertz CT molecular complexity index is 1470. The molecule has 0 amide bonds. The largest absolute Gasteiger partial charge is 0.462 e. The number of aliphatic hydroxyl groups excluding tert-OH is 1. The van der Waals surface area contributed by atoms with E-state index in [-0.39, 0.29) is 25.2 Å². The smallest absolute Gasteiger partial charge is 0.306 e. The molecule has 0 heterocycles. The molecule has 1 N–H and O–H groups in total. The van der Waals surface area contributed by atoms with Gasteiger partial charge in [0.1, 0.15) is 6.61 Å². The van der Waals surface area contributed by atoms with Crippen LogP contribution in [0.5, 0.6) is 0 Å². The van der Waals surface area contributed by atoms with Gasteiger partial charge in [0.15, 0.2) is 6.10 Å². The Balaban J connectivity index is 3.51. The number of aliphatic hydroxyl groups is 1. The van der Waals surface area contributed by atoms with Crippen LogP contribution >= 0.6 is 0 Å². The number of allylic oxidation sites excluding steroid dienone is 18. The lowest BCUT2D eigenvalue weighted by molar-refractivity contribution is -0.161. The van der Waals surface area contributed by atoms with E-state index < -0.39 is 6.10 Å². The van der Waals surface area contributed by atoms with Gasteiger partial charge >= 0.3 is 11.9 Å². The average Bonchev–Trinajstić information content (AvgIpc) is 3.42. The predicted molar refractivity (Wildman–Crippen MR) is 334 cm³/mol. The minimum Gasteiger partial charge on any atom is -0.462 e. The second-order valence-electron chi connectivity index (χ2n) is 21.5. The molecule has 0 aromatic rings. The van der Waals surface area contributed by atoms with E-state index in [2.05, 4.69) is 123 Å². The Morgan fingerprint density at radius 2 is 0.566 bits per heavy atom. The first kappa shape index (κ1) is 72.6. The Labute approximate surface area is 471 Å². The van der Waals surface area contributed by atoms with E-state index in [1.807, 2.05) is 0 Å². The van der Waals surface area contributed by atoms with E-state index in [0.29, 0.717) is 12.8 Å². The van der Waals surface area contributed by atoms with Gasteiger partial charge in [0, 0.05) is 12.8 Å². The molecule has 0 saturated carbocycles. The molecule has 0 spiro atoms. The maximum absolute atomic E-state index is 12.3. The van der Waals surface area contributed by atoms with Crippen molar-refractivity contribution in [1.82, 2.24) is 0 Å². The summed E-state index contributed by atoms with van der Waals surface area (Å²) in [6.45, 7) is 4.05. The molecule has 0 aliphatic heterocycles. The highest BCUT2D eigenvalue weighted by atomic mass is 16.6. The summed E-state index contributed by atoms with van der Waals surface area (Å²) in [6, 6.07) is 0. The van der Waals surface area contributed by atoms with Crippen LogP contribution in [0.4, 0.5) is 0 Å². The Morgan fingerprint density at radius 3 is 0.868 bits per heavy atom. The van der Waals surface area contributed by atoms with E-state index >= 15 is 0 Å². The molecule has 1 atom stereocenters. The first-order valence-corrected chi connectivity index (χ1v) is 32.4. The number of unbranched alkanes of at least 4 members (excludes halogenated alkanes) is 33. The summed E-state index contributed by atoms with van der Waals surface area (Å²) in [7, 11) is 0. The number of carbonyl (C=O) groups is 2. The number of carbonyl (C=O) groups excluding carboxylic acids is 2. The third-order valence-corrected chi connectivity index (χ3v) is 14.1. The molecule has 0 fully saturated rings. The highest BCUT2D eigenvalue weighted by Crippen LogP contribution is 2.17. The van der Waals surface area contributed by atoms with Crippen LogP contribution in [-0.2, 0) is 19.1 Å². The van der Waals surface area contributed by atoms with Gasteiger partial charge in [-0.15, -0.1) is 0 Å². The van der Waals surface area contributed by atoms with Crippen LogP contribution < -0.4 is 0 Å². The maximum Gasteiger partial charge on any atom is 0.306 e. The average molecular weight is 1060 g/mol. The molecule has 0 aromatic heterocycles. The Hall–Kier alpha value is -3.44. The number of ether oxygens (including phenoxy) is 2. The molecule has 0 aliphatic rings. The Morgan fingerprint density at radius 1 is 0.316 bits per heavy atom. The van der Waals surface area contributed by atoms with Crippen LogP contribution in [0.15, 0.2) is 109 Å². The highest BCUT2D eigenvalue weighted by molar-refractivity contribution is 5.70. The number of esters is 2. The third kappa shape index (κ3) is 63.1. The van der Waals surface area contributed by atoms with Crippen molar-refractivity contribution in [1.29, 1.82) is 0 Å². The molecule has 76 heavy (non-hydrogen) atoms. The van der Waals surface area contributed by atoms with Crippen LogP contribution in [0.2, 0.25) is 0 Å². The molecule has 1 unspecified atom stereocenters. The summed E-state index contributed by atoms with van der Waals surface area (Å²) in [5.41, 5.74) is 0. The van der Waals surface area contributed by atoms with Crippen molar-refractivity contribution < 1.29 is 24.2 Å². The highest BCUT2D eigenvalue weighted by Gasteiger charge is 2.16. The summed E-state index contributed by atoms with van der Waals surface area (Å²) in [5, 5.41) is 9.69. The van der Waals surface area contributed by atoms with Gasteiger partial charge in [-0.1, -0.05) is 303 Å². The second kappa shape index (κ2) is 65.8. The van der Waals surface area contributed by atoms with E-state index in [0.717, 1.165) is 89.9 Å². The van der Waals surface area contributed by atoms with Crippen molar-refractivity contribution in [3.05, 3.63) is 109 Å². The van der Waals surface area contributed by atoms with E-state index in [9.17, 15) is 14.7 Å². The fourth-order valence-corrected chi connectivity index (χ4v) is 9.22. The van der Waals surface area contributed by atoms with Crippen molar-refractivity contribution in [2.45, 2.75) is 315 Å². The third-order valence-electron chi connectivity index (χ3n) is 14.1. The zero-order valence-corrected chi connectivity index (χ0v) is 50.0. The summed E-state index contributed by atoms with van der Waals surface area (Å²) in [6.07, 6.45) is 95.2. The van der Waals surface area contributed by atoms with Gasteiger partial charge in [-0.3, -0.25) is 9.59 Å². The number of hydrogen-bond donors (Lipinski definition) is 1. The molecule has 0 aliphatic carbocycles. The molecule has 0 radical (unpaired) electrons. The van der Waals surface area contributed by atoms with Crippen LogP contribution in [0.25, 0.3) is 0 Å². The standard InChI is InChI=1S/C71H122O5/c1-3-5-7-9-11-13-15-17-19-21-23-25-27-29-30-31-32-33-34-35-36-37-38-39-40-42-44-46-48-50-52-54-56-58-60-62-64-66-71(74)76-69(67-72)68-75-70(73)65-63-61-59-57-55-53-51-49-47-45-43-41-28-26-24-22-20-18-16-14-12-10-8-6-4-2/h5,7,11,13,17,19,22-25,29-30,32-33,35-36,38-39,69,72H,3-4,6,8-10,12,14-16,18,20-21,26-28,31,34,37,40-68H2,1-2H3/b7-5-,13-11-,19-17-,24-22-,25-23-,30-29-,33-32-,36-35-,39-38-. The summed E-state index contributed by atoms with van der Waals surface area (Å²) in [4.78, 5) is 24.6. The van der Waals surface area contributed by atoms with Crippen molar-refractivity contribution in [3.8, 4) is 0 Å². The van der Waals surface area contributed by atoms with Crippen molar-refractivity contribution >= 4 is 11.9 Å². The van der Waals surface area contributed by atoms with Gasteiger partial charge in [0.25, 0.3) is 0 Å². The lowest BCUT2D eigenvalue weighted by Gasteiger charge is -2.15. The lowest BCUT2D eigenvalue weighted by Crippen LogP contribution is -2.28. The monoisotopic (exact) mass is 1050 g/mol. The van der Waals surface area contributed by atoms with E-state index in [1.165, 1.54) is 193 Å². The van der Waals surface area contributed by atoms with Gasteiger partial charge in [-0.2, -0.15) is 0 Å². The molecule has 0 rings (SSSR count). The van der Waals surface area contributed by atoms with Crippen LogP contribution in [0.1, 0.15) is 309 Å². The molecule has 5 nitrogen and oxygen atoms in total. The van der Waals surface area contributed by atoms with E-state index in [4.69, 9.17) is 9.47 Å². The van der Waals surface area contributed by atoms with Gasteiger partial charge < -0.3 is 14.6 Å². The maximum atomic E-state index is 12.3. The molecule has 0 bridgehead atoms.